The predicted octanol–water partition coefficient (Wildman–Crippen LogP) is 4.57. The molecule has 0 aliphatic carbocycles. The van der Waals surface area contributed by atoms with Crippen molar-refractivity contribution in [1.29, 1.82) is 0 Å². The van der Waals surface area contributed by atoms with Gasteiger partial charge in [-0.15, -0.1) is 12.4 Å². The molecule has 2 atom stereocenters. The zero-order chi connectivity index (χ0) is 32.3. The molecule has 3 aliphatic rings. The highest BCUT2D eigenvalue weighted by molar-refractivity contribution is 6.00. The number of hydrogen-bond acceptors (Lipinski definition) is 8. The van der Waals surface area contributed by atoms with Crippen molar-refractivity contribution < 1.29 is 38.8 Å². The highest BCUT2D eigenvalue weighted by atomic mass is 35.5. The maximum atomic E-state index is 14.0. The maximum Gasteiger partial charge on any atom is 0.335 e. The number of hydrogen-bond donors (Lipinski definition) is 3. The molecule has 12 heteroatoms. The summed E-state index contributed by atoms with van der Waals surface area (Å²) < 4.78 is 17.1. The van der Waals surface area contributed by atoms with Crippen LogP contribution in [0.3, 0.4) is 0 Å². The van der Waals surface area contributed by atoms with Crippen molar-refractivity contribution in [3.05, 3.63) is 83.4 Å². The zero-order valence-electron chi connectivity index (χ0n) is 26.2. The molecule has 0 saturated carbocycles. The second-order valence-electron chi connectivity index (χ2n) is 12.0. The number of aliphatic hydroxyl groups is 1. The molecule has 0 bridgehead atoms. The van der Waals surface area contributed by atoms with E-state index in [0.29, 0.717) is 80.8 Å². The molecule has 3 aromatic rings. The van der Waals surface area contributed by atoms with E-state index >= 15 is 0 Å². The Morgan fingerprint density at radius 2 is 1.62 bits per heavy atom. The van der Waals surface area contributed by atoms with Gasteiger partial charge in [0.2, 0.25) is 11.8 Å². The van der Waals surface area contributed by atoms with Gasteiger partial charge in [-0.2, -0.15) is 0 Å². The van der Waals surface area contributed by atoms with Crippen molar-refractivity contribution in [3.63, 3.8) is 0 Å². The van der Waals surface area contributed by atoms with Crippen molar-refractivity contribution in [2.75, 3.05) is 32.8 Å². The second kappa shape index (κ2) is 14.6. The third-order valence-electron chi connectivity index (χ3n) is 9.07. The fraction of sp³-hybridized carbons (Fsp3) is 0.400. The average Bonchev–Trinajstić information content (AvgIpc) is 3.08. The van der Waals surface area contributed by atoms with Gasteiger partial charge in [-0.05, 0) is 78.9 Å². The van der Waals surface area contributed by atoms with Crippen LogP contribution in [0.25, 0.3) is 0 Å². The van der Waals surface area contributed by atoms with Gasteiger partial charge in [0.05, 0.1) is 5.56 Å². The first-order chi connectivity index (χ1) is 22.3. The third-order valence-corrected chi connectivity index (χ3v) is 9.07. The number of ether oxygens (including phenoxy) is 3. The SMILES string of the molecule is CCCCN1C(=O)[C@@H]([C@H](O)c2ccc3c(c2)OCCO3)NC(=O)C12CCN(Cc1ccc(Oc3ccc(C(=O)O)cc3)cc1)CC2.Cl. The summed E-state index contributed by atoms with van der Waals surface area (Å²) in [6.45, 7) is 5.30. The lowest BCUT2D eigenvalue weighted by atomic mass is 9.80. The highest BCUT2D eigenvalue weighted by Crippen LogP contribution is 2.38. The van der Waals surface area contributed by atoms with Crippen molar-refractivity contribution >= 4 is 30.2 Å². The Labute approximate surface area is 279 Å². The largest absolute Gasteiger partial charge is 0.486 e. The number of carboxylic acids is 1. The van der Waals surface area contributed by atoms with Crippen LogP contribution in [-0.2, 0) is 16.1 Å². The number of nitrogens with zero attached hydrogens (tertiary/aromatic N) is 2. The Bertz CT molecular complexity index is 1570. The van der Waals surface area contributed by atoms with Gasteiger partial charge in [-0.1, -0.05) is 31.5 Å². The number of aromatic carboxylic acids is 1. The monoisotopic (exact) mass is 665 g/mol. The summed E-state index contributed by atoms with van der Waals surface area (Å²) in [6.07, 6.45) is 1.39. The quantitative estimate of drug-likeness (QED) is 0.284. The molecule has 0 unspecified atom stereocenters. The second-order valence-corrected chi connectivity index (χ2v) is 12.0. The van der Waals surface area contributed by atoms with Crippen LogP contribution in [-0.4, -0.2) is 82.2 Å². The molecule has 2 fully saturated rings. The molecule has 3 aromatic carbocycles. The van der Waals surface area contributed by atoms with Crippen LogP contribution < -0.4 is 19.5 Å². The number of carbonyl (C=O) groups is 3. The van der Waals surface area contributed by atoms with Crippen molar-refractivity contribution in [2.45, 2.75) is 56.8 Å². The minimum atomic E-state index is -1.23. The Hall–Kier alpha value is -4.32. The average molecular weight is 666 g/mol. The lowest BCUT2D eigenvalue weighted by Gasteiger charge is -2.52. The van der Waals surface area contributed by atoms with Crippen LogP contribution >= 0.6 is 12.4 Å². The Balaban J connectivity index is 0.00000433. The molecule has 47 heavy (non-hydrogen) atoms. The number of piperidine rings is 1. The molecule has 0 aromatic heterocycles. The lowest BCUT2D eigenvalue weighted by Crippen LogP contribution is -2.73. The van der Waals surface area contributed by atoms with Crippen LogP contribution in [0, 0.1) is 0 Å². The number of benzene rings is 3. The van der Waals surface area contributed by atoms with Crippen LogP contribution in [0.4, 0.5) is 0 Å². The molecule has 1 spiro atoms. The number of halogens is 1. The summed E-state index contributed by atoms with van der Waals surface area (Å²) in [5, 5.41) is 23.3. The number of aliphatic hydroxyl groups excluding tert-OH is 1. The zero-order valence-corrected chi connectivity index (χ0v) is 27.0. The van der Waals surface area contributed by atoms with Crippen molar-refractivity contribution in [2.24, 2.45) is 0 Å². The van der Waals surface area contributed by atoms with E-state index < -0.39 is 23.7 Å². The number of fused-ring (bicyclic) bond motifs is 1. The number of amides is 2. The van der Waals surface area contributed by atoms with E-state index in [1.807, 2.05) is 24.3 Å². The molecule has 250 valence electrons. The fourth-order valence-electron chi connectivity index (χ4n) is 6.43. The van der Waals surface area contributed by atoms with Crippen molar-refractivity contribution in [1.82, 2.24) is 15.1 Å². The van der Waals surface area contributed by atoms with E-state index in [4.69, 9.17) is 19.3 Å². The Morgan fingerprint density at radius 3 is 2.26 bits per heavy atom. The first kappa shape index (κ1) is 34.0. The summed E-state index contributed by atoms with van der Waals surface area (Å²) in [7, 11) is 0. The summed E-state index contributed by atoms with van der Waals surface area (Å²) in [6, 6.07) is 18.0. The van der Waals surface area contributed by atoms with E-state index in [1.54, 1.807) is 35.2 Å². The van der Waals surface area contributed by atoms with E-state index in [1.165, 1.54) is 12.1 Å². The standard InChI is InChI=1S/C35H39N3O8.ClH/c1-2-3-16-38-32(40)30(31(39)25-8-13-28-29(21-25)45-20-19-44-28)36-34(43)35(38)14-17-37(18-15-35)22-23-4-9-26(10-5-23)46-27-11-6-24(7-12-27)33(41)42;/h4-13,21,30-31,39H,2-3,14-20,22H2,1H3,(H,36,43)(H,41,42);1H/t30-,31-;/m1./s1. The summed E-state index contributed by atoms with van der Waals surface area (Å²) in [4.78, 5) is 42.9. The number of piperazine rings is 1. The van der Waals surface area contributed by atoms with Gasteiger partial charge in [-0.25, -0.2) is 4.79 Å². The summed E-state index contributed by atoms with van der Waals surface area (Å²) >= 11 is 0. The summed E-state index contributed by atoms with van der Waals surface area (Å²) in [5.74, 6) is 0.817. The van der Waals surface area contributed by atoms with Crippen molar-refractivity contribution in [3.8, 4) is 23.0 Å². The molecule has 6 rings (SSSR count). The molecular weight excluding hydrogens is 626 g/mol. The smallest absolute Gasteiger partial charge is 0.335 e. The van der Waals surface area contributed by atoms with Gasteiger partial charge in [0.25, 0.3) is 0 Å². The van der Waals surface area contributed by atoms with Gasteiger partial charge >= 0.3 is 5.97 Å². The number of unbranched alkanes of at least 4 members (excludes halogenated alkanes) is 1. The maximum absolute atomic E-state index is 14.0. The number of rotatable bonds is 10. The van der Waals surface area contributed by atoms with Gasteiger partial charge in [0.1, 0.15) is 42.4 Å². The molecule has 3 aliphatic heterocycles. The predicted molar refractivity (Wildman–Crippen MR) is 175 cm³/mol. The van der Waals surface area contributed by atoms with Gasteiger partial charge in [-0.3, -0.25) is 14.5 Å². The van der Waals surface area contributed by atoms with Crippen LogP contribution in [0.2, 0.25) is 0 Å². The first-order valence-electron chi connectivity index (χ1n) is 15.8. The number of carboxylic acid groups (broad SMARTS) is 1. The van der Waals surface area contributed by atoms with Crippen LogP contribution in [0.15, 0.2) is 66.7 Å². The number of carbonyl (C=O) groups excluding carboxylic acids is 2. The molecule has 2 amide bonds. The lowest BCUT2D eigenvalue weighted by molar-refractivity contribution is -0.164. The third kappa shape index (κ3) is 7.17. The van der Waals surface area contributed by atoms with Gasteiger partial charge in [0.15, 0.2) is 11.5 Å². The van der Waals surface area contributed by atoms with Crippen LogP contribution in [0.1, 0.15) is 60.2 Å². The number of nitrogens with one attached hydrogen (secondary N) is 1. The van der Waals surface area contributed by atoms with E-state index in [2.05, 4.69) is 17.1 Å². The fourth-order valence-corrected chi connectivity index (χ4v) is 6.43. The molecule has 3 heterocycles. The molecule has 11 nitrogen and oxygen atoms in total. The van der Waals surface area contributed by atoms with Gasteiger partial charge < -0.3 is 34.6 Å². The van der Waals surface area contributed by atoms with E-state index in [9.17, 15) is 19.5 Å². The first-order valence-corrected chi connectivity index (χ1v) is 15.8. The van der Waals surface area contributed by atoms with E-state index in [-0.39, 0.29) is 29.8 Å². The molecular formula is C35H40ClN3O8. The van der Waals surface area contributed by atoms with Gasteiger partial charge in [0, 0.05) is 26.2 Å². The molecule has 3 N–H and O–H groups in total. The Morgan fingerprint density at radius 1 is 0.979 bits per heavy atom. The molecule has 0 radical (unpaired) electrons. The highest BCUT2D eigenvalue weighted by Gasteiger charge is 2.54. The number of likely N-dealkylation sites (tertiary alicyclic amines) is 1. The van der Waals surface area contributed by atoms with E-state index in [0.717, 1.165) is 18.4 Å². The minimum absolute atomic E-state index is 0. The Kier molecular flexibility index (Phi) is 10.6. The summed E-state index contributed by atoms with van der Waals surface area (Å²) in [5.41, 5.74) is 0.805. The normalized spacial score (nSPS) is 19.4. The topological polar surface area (TPSA) is 138 Å². The minimum Gasteiger partial charge on any atom is -0.486 e. The molecule has 2 saturated heterocycles. The van der Waals surface area contributed by atoms with Crippen LogP contribution in [0.5, 0.6) is 23.0 Å².